The van der Waals surface area contributed by atoms with Crippen molar-refractivity contribution < 1.29 is 8.42 Å². The van der Waals surface area contributed by atoms with Gasteiger partial charge >= 0.3 is 0 Å². The number of hydrogen-bond acceptors (Lipinski definition) is 4. The molecule has 1 saturated heterocycles. The second kappa shape index (κ2) is 5.34. The Morgan fingerprint density at radius 2 is 2.00 bits per heavy atom. The molecule has 4 nitrogen and oxygen atoms in total. The van der Waals surface area contributed by atoms with E-state index in [0.717, 1.165) is 18.8 Å². The van der Waals surface area contributed by atoms with Crippen LogP contribution in [0.1, 0.15) is 39.5 Å². The summed E-state index contributed by atoms with van der Waals surface area (Å²) in [5, 5.41) is 0. The minimum atomic E-state index is -2.82. The molecule has 2 aliphatic rings. The molecule has 112 valence electrons. The van der Waals surface area contributed by atoms with Crippen molar-refractivity contribution in [2.75, 3.05) is 25.1 Å². The van der Waals surface area contributed by atoms with E-state index in [9.17, 15) is 8.42 Å². The van der Waals surface area contributed by atoms with E-state index in [4.69, 9.17) is 5.73 Å². The summed E-state index contributed by atoms with van der Waals surface area (Å²) in [5.74, 6) is 1.95. The molecule has 0 aromatic carbocycles. The summed E-state index contributed by atoms with van der Waals surface area (Å²) in [4.78, 5) is 2.31. The van der Waals surface area contributed by atoms with E-state index < -0.39 is 9.84 Å². The van der Waals surface area contributed by atoms with Gasteiger partial charge in [0, 0.05) is 18.1 Å². The molecular formula is C14H28N2O2S. The van der Waals surface area contributed by atoms with E-state index in [-0.39, 0.29) is 11.6 Å². The number of hydrogen-bond donors (Lipinski definition) is 1. The molecule has 0 spiro atoms. The average Bonchev–Trinajstić information content (AvgIpc) is 2.70. The Labute approximate surface area is 117 Å². The molecule has 1 aliphatic carbocycles. The van der Waals surface area contributed by atoms with Crippen LogP contribution in [0.5, 0.6) is 0 Å². The molecule has 0 radical (unpaired) electrons. The lowest BCUT2D eigenvalue weighted by Gasteiger charge is -2.52. The van der Waals surface area contributed by atoms with Gasteiger partial charge in [0.2, 0.25) is 0 Å². The predicted octanol–water partition coefficient (Wildman–Crippen LogP) is 1.26. The molecule has 0 bridgehead atoms. The first kappa shape index (κ1) is 15.3. The normalized spacial score (nSPS) is 42.7. The molecule has 0 amide bonds. The highest BCUT2D eigenvalue weighted by Crippen LogP contribution is 2.41. The van der Waals surface area contributed by atoms with Crippen molar-refractivity contribution >= 4 is 9.84 Å². The van der Waals surface area contributed by atoms with E-state index in [2.05, 4.69) is 25.8 Å². The zero-order chi connectivity index (χ0) is 14.3. The van der Waals surface area contributed by atoms with Crippen LogP contribution in [-0.2, 0) is 9.84 Å². The highest BCUT2D eigenvalue weighted by molar-refractivity contribution is 7.91. The third kappa shape index (κ3) is 2.83. The molecule has 2 fully saturated rings. The van der Waals surface area contributed by atoms with Gasteiger partial charge in [-0.05, 0) is 44.6 Å². The molecule has 4 atom stereocenters. The van der Waals surface area contributed by atoms with Crippen molar-refractivity contribution in [2.45, 2.75) is 51.1 Å². The topological polar surface area (TPSA) is 63.4 Å². The van der Waals surface area contributed by atoms with Crippen LogP contribution in [0, 0.1) is 11.8 Å². The van der Waals surface area contributed by atoms with Crippen LogP contribution in [0.2, 0.25) is 0 Å². The fraction of sp³-hybridized carbons (Fsp3) is 1.00. The van der Waals surface area contributed by atoms with Crippen LogP contribution in [0.4, 0.5) is 0 Å². The highest BCUT2D eigenvalue weighted by atomic mass is 32.2. The first-order valence-electron chi connectivity index (χ1n) is 7.44. The zero-order valence-corrected chi connectivity index (χ0v) is 13.2. The maximum atomic E-state index is 11.7. The number of nitrogens with zero attached hydrogens (tertiary/aromatic N) is 1. The summed E-state index contributed by atoms with van der Waals surface area (Å²) in [5.41, 5.74) is 6.12. The van der Waals surface area contributed by atoms with E-state index >= 15 is 0 Å². The second-order valence-corrected chi connectivity index (χ2v) is 8.98. The summed E-state index contributed by atoms with van der Waals surface area (Å²) in [6, 6.07) is 0.157. The van der Waals surface area contributed by atoms with Gasteiger partial charge in [0.1, 0.15) is 0 Å². The number of rotatable bonds is 3. The van der Waals surface area contributed by atoms with E-state index in [1.807, 2.05) is 0 Å². The summed E-state index contributed by atoms with van der Waals surface area (Å²) in [7, 11) is -0.737. The smallest absolute Gasteiger partial charge is 0.151 e. The van der Waals surface area contributed by atoms with Gasteiger partial charge < -0.3 is 5.73 Å². The molecule has 5 heteroatoms. The van der Waals surface area contributed by atoms with Gasteiger partial charge in [-0.25, -0.2) is 8.42 Å². The Morgan fingerprint density at radius 1 is 1.32 bits per heavy atom. The molecule has 19 heavy (non-hydrogen) atoms. The highest BCUT2D eigenvalue weighted by Gasteiger charge is 2.46. The van der Waals surface area contributed by atoms with Crippen molar-refractivity contribution in [2.24, 2.45) is 17.6 Å². The fourth-order valence-electron chi connectivity index (χ4n) is 4.10. The Hall–Kier alpha value is -0.130. The van der Waals surface area contributed by atoms with Crippen molar-refractivity contribution in [1.82, 2.24) is 4.90 Å². The van der Waals surface area contributed by atoms with Gasteiger partial charge in [-0.15, -0.1) is 0 Å². The minimum absolute atomic E-state index is 0.00294. The summed E-state index contributed by atoms with van der Waals surface area (Å²) < 4.78 is 23.4. The fourth-order valence-corrected chi connectivity index (χ4v) is 5.87. The average molecular weight is 288 g/mol. The van der Waals surface area contributed by atoms with E-state index in [0.29, 0.717) is 24.0 Å². The predicted molar refractivity (Wildman–Crippen MR) is 78.8 cm³/mol. The summed E-state index contributed by atoms with van der Waals surface area (Å²) >= 11 is 0. The van der Waals surface area contributed by atoms with E-state index in [1.54, 1.807) is 0 Å². The van der Waals surface area contributed by atoms with Gasteiger partial charge in [0.15, 0.2) is 9.84 Å². The van der Waals surface area contributed by atoms with Crippen LogP contribution in [0.15, 0.2) is 0 Å². The maximum Gasteiger partial charge on any atom is 0.151 e. The number of nitrogens with two attached hydrogens (primary N) is 1. The van der Waals surface area contributed by atoms with Gasteiger partial charge in [0.25, 0.3) is 0 Å². The summed E-state index contributed by atoms with van der Waals surface area (Å²) in [6.45, 7) is 5.22. The molecule has 0 aromatic heterocycles. The minimum Gasteiger partial charge on any atom is -0.329 e. The third-order valence-electron chi connectivity index (χ3n) is 5.56. The Kier molecular flexibility index (Phi) is 4.29. The number of likely N-dealkylation sites (N-methyl/N-ethyl adjacent to an activating group) is 1. The standard InChI is InChI=1S/C14H28N2O2S/c1-11-4-6-14(10-15,12(2)8-11)16(3)13-5-7-19(17,18)9-13/h11-13H,4-10,15H2,1-3H3. The Bertz CT molecular complexity index is 423. The van der Waals surface area contributed by atoms with Crippen molar-refractivity contribution in [3.8, 4) is 0 Å². The van der Waals surface area contributed by atoms with Crippen molar-refractivity contribution in [3.63, 3.8) is 0 Å². The monoisotopic (exact) mass is 288 g/mol. The van der Waals surface area contributed by atoms with Gasteiger partial charge in [-0.2, -0.15) is 0 Å². The van der Waals surface area contributed by atoms with Gasteiger partial charge in [-0.3, -0.25) is 4.90 Å². The molecular weight excluding hydrogens is 260 g/mol. The Morgan fingerprint density at radius 3 is 2.47 bits per heavy atom. The molecule has 1 aliphatic heterocycles. The van der Waals surface area contributed by atoms with Crippen LogP contribution in [0.3, 0.4) is 0 Å². The SMILES string of the molecule is CC1CCC(CN)(N(C)C2CCS(=O)(=O)C2)C(C)C1. The lowest BCUT2D eigenvalue weighted by molar-refractivity contribution is -0.00375. The molecule has 2 rings (SSSR count). The summed E-state index contributed by atoms with van der Waals surface area (Å²) in [6.07, 6.45) is 4.26. The van der Waals surface area contributed by atoms with Crippen molar-refractivity contribution in [3.05, 3.63) is 0 Å². The first-order valence-corrected chi connectivity index (χ1v) is 9.26. The maximum absolute atomic E-state index is 11.7. The van der Waals surface area contributed by atoms with Gasteiger partial charge in [-0.1, -0.05) is 13.8 Å². The van der Waals surface area contributed by atoms with E-state index in [1.165, 1.54) is 12.8 Å². The second-order valence-electron chi connectivity index (χ2n) is 6.76. The Balaban J connectivity index is 2.17. The van der Waals surface area contributed by atoms with Crippen LogP contribution >= 0.6 is 0 Å². The molecule has 1 heterocycles. The van der Waals surface area contributed by atoms with Crippen molar-refractivity contribution in [1.29, 1.82) is 0 Å². The van der Waals surface area contributed by atoms with Crippen LogP contribution in [0.25, 0.3) is 0 Å². The van der Waals surface area contributed by atoms with Crippen LogP contribution in [-0.4, -0.2) is 50.0 Å². The lowest BCUT2D eigenvalue weighted by atomic mass is 9.68. The third-order valence-corrected chi connectivity index (χ3v) is 7.31. The molecule has 1 saturated carbocycles. The first-order chi connectivity index (χ1) is 8.81. The molecule has 0 aromatic rings. The quantitative estimate of drug-likeness (QED) is 0.849. The zero-order valence-electron chi connectivity index (χ0n) is 12.4. The molecule has 4 unspecified atom stereocenters. The number of sulfone groups is 1. The largest absolute Gasteiger partial charge is 0.329 e. The molecule has 2 N–H and O–H groups in total. The van der Waals surface area contributed by atoms with Crippen LogP contribution < -0.4 is 5.73 Å². The van der Waals surface area contributed by atoms with Gasteiger partial charge in [0.05, 0.1) is 11.5 Å². The lowest BCUT2D eigenvalue weighted by Crippen LogP contribution is -2.61.